The van der Waals surface area contributed by atoms with Crippen LogP contribution in [0.25, 0.3) is 16.4 Å². The van der Waals surface area contributed by atoms with E-state index in [0.29, 0.717) is 16.4 Å². The van der Waals surface area contributed by atoms with Crippen molar-refractivity contribution in [1.82, 2.24) is 9.38 Å². The molecule has 0 aliphatic carbocycles. The fraction of sp³-hybridized carbons (Fsp3) is 0.133. The van der Waals surface area contributed by atoms with Crippen LogP contribution >= 0.6 is 11.6 Å². The van der Waals surface area contributed by atoms with Gasteiger partial charge in [-0.2, -0.15) is 0 Å². The predicted molar refractivity (Wildman–Crippen MR) is 80.4 cm³/mol. The summed E-state index contributed by atoms with van der Waals surface area (Å²) in [6.07, 6.45) is 1.46. The maximum atomic E-state index is 12.2. The lowest BCUT2D eigenvalue weighted by Crippen LogP contribution is -2.10. The number of halogens is 1. The largest absolute Gasteiger partial charge is 0.465 e. The molecule has 0 spiro atoms. The summed E-state index contributed by atoms with van der Waals surface area (Å²) >= 11 is 6.25. The Balaban J connectivity index is 2.55. The summed E-state index contributed by atoms with van der Waals surface area (Å²) < 4.78 is 11.0. The highest BCUT2D eigenvalue weighted by Gasteiger charge is 2.29. The Morgan fingerprint density at radius 3 is 2.41 bits per heavy atom. The molecule has 3 rings (SSSR count). The molecule has 0 aliphatic heterocycles. The van der Waals surface area contributed by atoms with Crippen molar-refractivity contribution in [3.05, 3.63) is 46.9 Å². The topological polar surface area (TPSA) is 69.9 Å². The minimum atomic E-state index is -0.710. The van der Waals surface area contributed by atoms with Crippen molar-refractivity contribution in [2.24, 2.45) is 0 Å². The first-order valence-electron chi connectivity index (χ1n) is 6.34. The monoisotopic (exact) mass is 318 g/mol. The average molecular weight is 319 g/mol. The van der Waals surface area contributed by atoms with Gasteiger partial charge in [0.15, 0.2) is 0 Å². The molecule has 0 aliphatic rings. The van der Waals surface area contributed by atoms with Crippen LogP contribution in [-0.4, -0.2) is 35.5 Å². The molecular formula is C15H11ClN2O4. The molecule has 0 saturated heterocycles. The number of rotatable bonds is 2. The third-order valence-electron chi connectivity index (χ3n) is 3.40. The highest BCUT2D eigenvalue weighted by molar-refractivity contribution is 6.35. The predicted octanol–water partition coefficient (Wildman–Crippen LogP) is 2.71. The number of carbonyl (C=O) groups excluding carboxylic acids is 2. The highest BCUT2D eigenvalue weighted by Crippen LogP contribution is 2.32. The summed E-state index contributed by atoms with van der Waals surface area (Å²) in [6.45, 7) is 0. The molecule has 1 aromatic carbocycles. The smallest absolute Gasteiger partial charge is 0.341 e. The summed E-state index contributed by atoms with van der Waals surface area (Å²) in [5, 5.41) is 0.739. The van der Waals surface area contributed by atoms with E-state index in [0.717, 1.165) is 0 Å². The van der Waals surface area contributed by atoms with Gasteiger partial charge in [-0.05, 0) is 6.07 Å². The number of hydrogen-bond donors (Lipinski definition) is 0. The molecule has 6 nitrogen and oxygen atoms in total. The number of nitrogens with zero attached hydrogens (tertiary/aromatic N) is 2. The molecule has 0 amide bonds. The Morgan fingerprint density at radius 1 is 1.09 bits per heavy atom. The first-order chi connectivity index (χ1) is 10.6. The van der Waals surface area contributed by atoms with Gasteiger partial charge in [0.05, 0.1) is 25.3 Å². The molecule has 0 unspecified atom stereocenters. The van der Waals surface area contributed by atoms with Crippen molar-refractivity contribution in [2.75, 3.05) is 14.2 Å². The van der Waals surface area contributed by atoms with Crippen LogP contribution in [0.4, 0.5) is 0 Å². The van der Waals surface area contributed by atoms with Crippen LogP contribution < -0.4 is 0 Å². The molecule has 0 atom stereocenters. The van der Waals surface area contributed by atoms with E-state index in [1.807, 2.05) is 12.1 Å². The fourth-order valence-corrected chi connectivity index (χ4v) is 2.73. The lowest BCUT2D eigenvalue weighted by molar-refractivity contribution is 0.0558. The van der Waals surface area contributed by atoms with Crippen LogP contribution in [0.15, 0.2) is 30.6 Å². The Kier molecular flexibility index (Phi) is 3.46. The number of esters is 2. The van der Waals surface area contributed by atoms with E-state index in [4.69, 9.17) is 21.1 Å². The van der Waals surface area contributed by atoms with Gasteiger partial charge in [0.2, 0.25) is 0 Å². The molecular weight excluding hydrogens is 308 g/mol. The molecule has 7 heteroatoms. The van der Waals surface area contributed by atoms with Crippen LogP contribution in [0, 0.1) is 0 Å². The zero-order valence-electron chi connectivity index (χ0n) is 11.8. The Bertz CT molecular complexity index is 917. The van der Waals surface area contributed by atoms with Crippen molar-refractivity contribution in [1.29, 1.82) is 0 Å². The molecule has 2 heterocycles. The van der Waals surface area contributed by atoms with Gasteiger partial charge in [-0.15, -0.1) is 0 Å². The van der Waals surface area contributed by atoms with Crippen LogP contribution in [0.1, 0.15) is 20.7 Å². The van der Waals surface area contributed by atoms with Gasteiger partial charge in [-0.25, -0.2) is 14.6 Å². The molecule has 3 aromatic rings. The number of methoxy groups -OCH3 is 2. The number of benzene rings is 1. The Labute approximate surface area is 130 Å². The Hall–Kier alpha value is -2.60. The van der Waals surface area contributed by atoms with Crippen molar-refractivity contribution in [2.45, 2.75) is 0 Å². The molecule has 22 heavy (non-hydrogen) atoms. The second-order valence-electron chi connectivity index (χ2n) is 4.50. The normalized spacial score (nSPS) is 10.9. The third kappa shape index (κ3) is 1.92. The van der Waals surface area contributed by atoms with E-state index in [1.54, 1.807) is 12.1 Å². The van der Waals surface area contributed by atoms with Crippen molar-refractivity contribution < 1.29 is 19.1 Å². The lowest BCUT2D eigenvalue weighted by Gasteiger charge is -2.04. The van der Waals surface area contributed by atoms with Crippen molar-refractivity contribution in [3.8, 4) is 0 Å². The van der Waals surface area contributed by atoms with Gasteiger partial charge in [0.25, 0.3) is 0 Å². The first-order valence-corrected chi connectivity index (χ1v) is 6.71. The number of hydrogen-bond acceptors (Lipinski definition) is 5. The summed E-state index contributed by atoms with van der Waals surface area (Å²) in [6, 6.07) is 7.23. The second kappa shape index (κ2) is 5.31. The zero-order valence-corrected chi connectivity index (χ0v) is 12.5. The number of para-hydroxylation sites is 1. The quantitative estimate of drug-likeness (QED) is 0.679. The molecule has 0 radical (unpaired) electrons. The number of carbonyl (C=O) groups is 2. The lowest BCUT2D eigenvalue weighted by atomic mass is 10.1. The highest BCUT2D eigenvalue weighted by atomic mass is 35.5. The van der Waals surface area contributed by atoms with Gasteiger partial charge in [-0.3, -0.25) is 4.40 Å². The standard InChI is InChI=1S/C15H11ClN2O4/c1-21-14(19)10-11(15(20)22-2)13(16)18-7-17-9-6-4-3-5-8(9)12(10)18/h3-7H,1-2H3. The minimum Gasteiger partial charge on any atom is -0.465 e. The van der Waals surface area contributed by atoms with Crippen molar-refractivity contribution >= 4 is 40.0 Å². The van der Waals surface area contributed by atoms with Crippen LogP contribution in [0.3, 0.4) is 0 Å². The van der Waals surface area contributed by atoms with Crippen LogP contribution in [0.5, 0.6) is 0 Å². The summed E-state index contributed by atoms with van der Waals surface area (Å²) in [5.74, 6) is -1.38. The Morgan fingerprint density at radius 2 is 1.73 bits per heavy atom. The average Bonchev–Trinajstić information content (AvgIpc) is 2.86. The second-order valence-corrected chi connectivity index (χ2v) is 4.86. The molecule has 0 fully saturated rings. The fourth-order valence-electron chi connectivity index (χ4n) is 2.43. The van der Waals surface area contributed by atoms with Gasteiger partial charge in [0.1, 0.15) is 22.6 Å². The summed E-state index contributed by atoms with van der Waals surface area (Å²) in [4.78, 5) is 28.5. The third-order valence-corrected chi connectivity index (χ3v) is 3.77. The number of fused-ring (bicyclic) bond motifs is 3. The molecule has 2 aromatic heterocycles. The maximum Gasteiger partial charge on any atom is 0.341 e. The molecule has 0 N–H and O–H groups in total. The van der Waals surface area contributed by atoms with E-state index in [1.165, 1.54) is 24.9 Å². The van der Waals surface area contributed by atoms with Crippen LogP contribution in [-0.2, 0) is 9.47 Å². The number of aromatic nitrogens is 2. The number of ether oxygens (including phenoxy) is 2. The van der Waals surface area contributed by atoms with Crippen molar-refractivity contribution in [3.63, 3.8) is 0 Å². The summed E-state index contributed by atoms with van der Waals surface area (Å²) in [7, 11) is 2.46. The van der Waals surface area contributed by atoms with E-state index in [-0.39, 0.29) is 16.3 Å². The van der Waals surface area contributed by atoms with Crippen LogP contribution in [0.2, 0.25) is 5.15 Å². The van der Waals surface area contributed by atoms with Gasteiger partial charge in [0, 0.05) is 5.39 Å². The van der Waals surface area contributed by atoms with E-state index >= 15 is 0 Å². The van der Waals surface area contributed by atoms with Gasteiger partial charge in [-0.1, -0.05) is 29.8 Å². The minimum absolute atomic E-state index is 0.0332. The van der Waals surface area contributed by atoms with Gasteiger partial charge < -0.3 is 9.47 Å². The zero-order chi connectivity index (χ0) is 15.9. The van der Waals surface area contributed by atoms with E-state index in [2.05, 4.69) is 4.98 Å². The first kappa shape index (κ1) is 14.3. The van der Waals surface area contributed by atoms with E-state index in [9.17, 15) is 9.59 Å². The van der Waals surface area contributed by atoms with Gasteiger partial charge >= 0.3 is 11.9 Å². The maximum absolute atomic E-state index is 12.2. The SMILES string of the molecule is COC(=O)c1c(C(=O)OC)c2c3ccccc3ncn2c1Cl. The molecule has 0 bridgehead atoms. The summed E-state index contributed by atoms with van der Waals surface area (Å²) in [5.41, 5.74) is 1.17. The molecule has 112 valence electrons. The molecule has 0 saturated carbocycles. The van der Waals surface area contributed by atoms with E-state index < -0.39 is 11.9 Å².